The highest BCUT2D eigenvalue weighted by Gasteiger charge is 2.04. The Morgan fingerprint density at radius 3 is 2.89 bits per heavy atom. The van der Waals surface area contributed by atoms with Gasteiger partial charge in [-0.15, -0.1) is 0 Å². The third-order valence-electron chi connectivity index (χ3n) is 2.47. The van der Waals surface area contributed by atoms with Gasteiger partial charge in [0.25, 0.3) is 0 Å². The molecule has 0 fully saturated rings. The van der Waals surface area contributed by atoms with Crippen LogP contribution in [0.1, 0.15) is 19.8 Å². The van der Waals surface area contributed by atoms with Gasteiger partial charge in [0.1, 0.15) is 5.75 Å². The Morgan fingerprint density at radius 2 is 2.22 bits per heavy atom. The Balaban J connectivity index is 2.45. The van der Waals surface area contributed by atoms with Crippen LogP contribution >= 0.6 is 15.9 Å². The quantitative estimate of drug-likeness (QED) is 0.761. The summed E-state index contributed by atoms with van der Waals surface area (Å²) in [6.45, 7) is 3.09. The number of nitrogens with one attached hydrogen (secondary N) is 2. The zero-order valence-corrected chi connectivity index (χ0v) is 12.3. The van der Waals surface area contributed by atoms with Gasteiger partial charge in [0, 0.05) is 17.1 Å². The molecule has 0 bridgehead atoms. The predicted octanol–water partition coefficient (Wildman–Crippen LogP) is 2.79. The van der Waals surface area contributed by atoms with Crippen molar-refractivity contribution in [1.29, 1.82) is 0 Å². The molecule has 0 saturated heterocycles. The van der Waals surface area contributed by atoms with Crippen molar-refractivity contribution in [2.75, 3.05) is 25.5 Å². The normalized spacial score (nSPS) is 9.94. The lowest BCUT2D eigenvalue weighted by Gasteiger charge is -2.10. The molecule has 0 aromatic heterocycles. The Bertz CT molecular complexity index is 397. The van der Waals surface area contributed by atoms with Crippen LogP contribution in [0, 0.1) is 0 Å². The molecule has 0 saturated carbocycles. The molecule has 2 N–H and O–H groups in total. The van der Waals surface area contributed by atoms with Crippen LogP contribution in [0.2, 0.25) is 0 Å². The highest BCUT2D eigenvalue weighted by molar-refractivity contribution is 9.10. The Labute approximate surface area is 116 Å². The van der Waals surface area contributed by atoms with Crippen molar-refractivity contribution in [2.24, 2.45) is 0 Å². The number of methoxy groups -OCH3 is 1. The van der Waals surface area contributed by atoms with E-state index in [4.69, 9.17) is 4.74 Å². The van der Waals surface area contributed by atoms with E-state index in [2.05, 4.69) is 33.5 Å². The molecule has 5 heteroatoms. The molecule has 0 aliphatic carbocycles. The molecule has 1 amide bonds. The lowest BCUT2D eigenvalue weighted by Crippen LogP contribution is -2.30. The molecule has 1 aromatic carbocycles. The van der Waals surface area contributed by atoms with Gasteiger partial charge in [-0.3, -0.25) is 4.79 Å². The van der Waals surface area contributed by atoms with Crippen LogP contribution in [0.25, 0.3) is 0 Å². The van der Waals surface area contributed by atoms with Gasteiger partial charge in [-0.1, -0.05) is 13.3 Å². The molecular formula is C13H19BrN2O2. The summed E-state index contributed by atoms with van der Waals surface area (Å²) in [6.07, 6.45) is 2.09. The smallest absolute Gasteiger partial charge is 0.239 e. The highest BCUT2D eigenvalue weighted by Crippen LogP contribution is 2.26. The number of hydrogen-bond donors (Lipinski definition) is 2. The molecule has 0 unspecified atom stereocenters. The van der Waals surface area contributed by atoms with Crippen molar-refractivity contribution in [3.63, 3.8) is 0 Å². The summed E-state index contributed by atoms with van der Waals surface area (Å²) in [5.74, 6) is 0.755. The van der Waals surface area contributed by atoms with Gasteiger partial charge in [0.2, 0.25) is 5.91 Å². The van der Waals surface area contributed by atoms with E-state index in [9.17, 15) is 4.79 Å². The van der Waals surface area contributed by atoms with Gasteiger partial charge in [0.05, 0.1) is 19.3 Å². The highest BCUT2D eigenvalue weighted by atomic mass is 79.9. The number of carbonyl (C=O) groups excluding carboxylic acids is 1. The van der Waals surface area contributed by atoms with Crippen LogP contribution in [0.3, 0.4) is 0 Å². The van der Waals surface area contributed by atoms with E-state index in [-0.39, 0.29) is 12.5 Å². The van der Waals surface area contributed by atoms with Crippen molar-refractivity contribution in [3.8, 4) is 5.75 Å². The lowest BCUT2D eigenvalue weighted by atomic mass is 10.3. The fraction of sp³-hybridized carbons (Fsp3) is 0.462. The van der Waals surface area contributed by atoms with Crippen LogP contribution in [0.15, 0.2) is 22.7 Å². The van der Waals surface area contributed by atoms with Gasteiger partial charge in [0.15, 0.2) is 0 Å². The summed E-state index contributed by atoms with van der Waals surface area (Å²) < 4.78 is 6.04. The first-order valence-electron chi connectivity index (χ1n) is 6.01. The van der Waals surface area contributed by atoms with Crippen LogP contribution in [0.5, 0.6) is 5.75 Å². The molecule has 0 atom stereocenters. The first-order valence-corrected chi connectivity index (χ1v) is 6.80. The van der Waals surface area contributed by atoms with E-state index in [1.165, 1.54) is 0 Å². The minimum Gasteiger partial charge on any atom is -0.497 e. The number of halogens is 1. The molecule has 0 aliphatic heterocycles. The Hall–Kier alpha value is -1.23. The van der Waals surface area contributed by atoms with E-state index in [1.807, 2.05) is 18.2 Å². The second kappa shape index (κ2) is 7.97. The maximum Gasteiger partial charge on any atom is 0.239 e. The van der Waals surface area contributed by atoms with Gasteiger partial charge in [-0.05, 0) is 34.5 Å². The number of benzene rings is 1. The van der Waals surface area contributed by atoms with Crippen molar-refractivity contribution in [1.82, 2.24) is 5.32 Å². The molecule has 0 spiro atoms. The van der Waals surface area contributed by atoms with Crippen molar-refractivity contribution < 1.29 is 9.53 Å². The summed E-state index contributed by atoms with van der Waals surface area (Å²) >= 11 is 3.42. The topological polar surface area (TPSA) is 50.4 Å². The molecule has 0 aliphatic rings. The van der Waals surface area contributed by atoms with Gasteiger partial charge in [-0.2, -0.15) is 0 Å². The second-order valence-corrected chi connectivity index (χ2v) is 4.76. The van der Waals surface area contributed by atoms with Crippen molar-refractivity contribution in [3.05, 3.63) is 22.7 Å². The maximum absolute atomic E-state index is 11.5. The second-order valence-electron chi connectivity index (χ2n) is 3.90. The molecule has 0 heterocycles. The summed E-state index contributed by atoms with van der Waals surface area (Å²) in [7, 11) is 1.62. The minimum atomic E-state index is -0.00169. The van der Waals surface area contributed by atoms with E-state index in [0.29, 0.717) is 0 Å². The van der Waals surface area contributed by atoms with Crippen LogP contribution in [-0.4, -0.2) is 26.1 Å². The SMILES string of the molecule is CCCCNC(=O)CNc1cc(OC)ccc1Br. The Morgan fingerprint density at radius 1 is 1.44 bits per heavy atom. The minimum absolute atomic E-state index is 0.00169. The molecule has 0 radical (unpaired) electrons. The fourth-order valence-electron chi connectivity index (χ4n) is 1.41. The largest absolute Gasteiger partial charge is 0.497 e. The number of rotatable bonds is 7. The standard InChI is InChI=1S/C13H19BrN2O2/c1-3-4-7-15-13(17)9-16-12-8-10(18-2)5-6-11(12)14/h5-6,8,16H,3-4,7,9H2,1-2H3,(H,15,17). The summed E-state index contributed by atoms with van der Waals surface area (Å²) in [5, 5.41) is 5.93. The first kappa shape index (κ1) is 14.8. The van der Waals surface area contributed by atoms with Gasteiger partial charge >= 0.3 is 0 Å². The molecular weight excluding hydrogens is 296 g/mol. The number of amides is 1. The maximum atomic E-state index is 11.5. The third-order valence-corrected chi connectivity index (χ3v) is 3.16. The van der Waals surface area contributed by atoms with E-state index in [1.54, 1.807) is 7.11 Å². The zero-order valence-electron chi connectivity index (χ0n) is 10.8. The number of hydrogen-bond acceptors (Lipinski definition) is 3. The third kappa shape index (κ3) is 4.96. The molecule has 1 rings (SSSR count). The monoisotopic (exact) mass is 314 g/mol. The zero-order chi connectivity index (χ0) is 13.4. The number of unbranched alkanes of at least 4 members (excludes halogenated alkanes) is 1. The number of ether oxygens (including phenoxy) is 1. The average molecular weight is 315 g/mol. The van der Waals surface area contributed by atoms with Crippen molar-refractivity contribution in [2.45, 2.75) is 19.8 Å². The van der Waals surface area contributed by atoms with E-state index < -0.39 is 0 Å². The van der Waals surface area contributed by atoms with Gasteiger partial charge < -0.3 is 15.4 Å². The summed E-state index contributed by atoms with van der Waals surface area (Å²) in [6, 6.07) is 5.59. The fourth-order valence-corrected chi connectivity index (χ4v) is 1.80. The number of anilines is 1. The summed E-state index contributed by atoms with van der Waals surface area (Å²) in [5.41, 5.74) is 0.847. The predicted molar refractivity (Wildman–Crippen MR) is 77.1 cm³/mol. The van der Waals surface area contributed by atoms with Gasteiger partial charge in [-0.25, -0.2) is 0 Å². The molecule has 18 heavy (non-hydrogen) atoms. The number of carbonyl (C=O) groups is 1. The molecule has 100 valence electrons. The first-order chi connectivity index (χ1) is 8.67. The van der Waals surface area contributed by atoms with Crippen LogP contribution in [0.4, 0.5) is 5.69 Å². The van der Waals surface area contributed by atoms with E-state index in [0.717, 1.165) is 35.3 Å². The van der Waals surface area contributed by atoms with Crippen LogP contribution in [-0.2, 0) is 4.79 Å². The van der Waals surface area contributed by atoms with Crippen LogP contribution < -0.4 is 15.4 Å². The average Bonchev–Trinajstić information content (AvgIpc) is 2.38. The molecule has 1 aromatic rings. The Kier molecular flexibility index (Phi) is 6.57. The van der Waals surface area contributed by atoms with E-state index >= 15 is 0 Å². The lowest BCUT2D eigenvalue weighted by molar-refractivity contribution is -0.119. The summed E-state index contributed by atoms with van der Waals surface area (Å²) in [4.78, 5) is 11.5. The van der Waals surface area contributed by atoms with Crippen molar-refractivity contribution >= 4 is 27.5 Å². The molecule has 4 nitrogen and oxygen atoms in total.